The molecule has 1 aliphatic heterocycles. The van der Waals surface area contributed by atoms with Gasteiger partial charge in [0.15, 0.2) is 0 Å². The van der Waals surface area contributed by atoms with Crippen LogP contribution in [0.2, 0.25) is 0 Å². The second-order valence-corrected chi connectivity index (χ2v) is 5.71. The highest BCUT2D eigenvalue weighted by Gasteiger charge is 2.19. The Balaban J connectivity index is 2.02. The number of likely N-dealkylation sites (N-methyl/N-ethyl adjacent to an activating group) is 1. The Bertz CT molecular complexity index is 460. The van der Waals surface area contributed by atoms with E-state index >= 15 is 0 Å². The summed E-state index contributed by atoms with van der Waals surface area (Å²) >= 11 is 0. The van der Waals surface area contributed by atoms with E-state index in [0.29, 0.717) is 6.54 Å². The first-order valence-corrected chi connectivity index (χ1v) is 7.80. The van der Waals surface area contributed by atoms with Crippen LogP contribution in [-0.4, -0.2) is 49.0 Å². The molecule has 0 spiro atoms. The second kappa shape index (κ2) is 7.41. The van der Waals surface area contributed by atoms with Gasteiger partial charge in [-0.05, 0) is 38.4 Å². The SMILES string of the molecule is CCCNC(C)c1ccc(N2CCCN(C)C(=O)C2)cn1. The van der Waals surface area contributed by atoms with E-state index in [9.17, 15) is 4.79 Å². The maximum absolute atomic E-state index is 11.9. The summed E-state index contributed by atoms with van der Waals surface area (Å²) in [6, 6.07) is 4.39. The molecular formula is C16H26N4O. The molecule has 0 aromatic carbocycles. The van der Waals surface area contributed by atoms with Crippen molar-refractivity contribution in [3.63, 3.8) is 0 Å². The van der Waals surface area contributed by atoms with Crippen molar-refractivity contribution in [3.05, 3.63) is 24.0 Å². The molecule has 1 aliphatic rings. The molecule has 1 amide bonds. The molecule has 1 fully saturated rings. The molecule has 5 heteroatoms. The number of hydrogen-bond acceptors (Lipinski definition) is 4. The Morgan fingerprint density at radius 3 is 2.86 bits per heavy atom. The predicted octanol–water partition coefficient (Wildman–Crippen LogP) is 1.81. The van der Waals surface area contributed by atoms with Crippen molar-refractivity contribution in [1.29, 1.82) is 0 Å². The van der Waals surface area contributed by atoms with Gasteiger partial charge >= 0.3 is 0 Å². The molecule has 0 radical (unpaired) electrons. The third-order valence-corrected chi connectivity index (χ3v) is 3.95. The van der Waals surface area contributed by atoms with Gasteiger partial charge in [0.25, 0.3) is 0 Å². The van der Waals surface area contributed by atoms with Gasteiger partial charge in [-0.3, -0.25) is 9.78 Å². The summed E-state index contributed by atoms with van der Waals surface area (Å²) in [5, 5.41) is 3.43. The summed E-state index contributed by atoms with van der Waals surface area (Å²) in [6.45, 7) is 7.46. The average molecular weight is 290 g/mol. The van der Waals surface area contributed by atoms with Crippen molar-refractivity contribution in [2.24, 2.45) is 0 Å². The van der Waals surface area contributed by atoms with Crippen LogP contribution in [0.25, 0.3) is 0 Å². The van der Waals surface area contributed by atoms with Crippen LogP contribution < -0.4 is 10.2 Å². The summed E-state index contributed by atoms with van der Waals surface area (Å²) < 4.78 is 0. The Morgan fingerprint density at radius 1 is 1.38 bits per heavy atom. The third kappa shape index (κ3) is 4.17. The molecule has 1 unspecified atom stereocenters. The number of hydrogen-bond donors (Lipinski definition) is 1. The topological polar surface area (TPSA) is 48.5 Å². The van der Waals surface area contributed by atoms with Crippen molar-refractivity contribution in [2.45, 2.75) is 32.7 Å². The number of pyridine rings is 1. The molecule has 2 rings (SSSR count). The molecule has 1 N–H and O–H groups in total. The highest BCUT2D eigenvalue weighted by atomic mass is 16.2. The van der Waals surface area contributed by atoms with Gasteiger partial charge in [0.1, 0.15) is 0 Å². The molecule has 21 heavy (non-hydrogen) atoms. The molecule has 0 saturated carbocycles. The maximum Gasteiger partial charge on any atom is 0.241 e. The van der Waals surface area contributed by atoms with E-state index in [1.54, 1.807) is 4.90 Å². The number of amides is 1. The largest absolute Gasteiger partial charge is 0.361 e. The van der Waals surface area contributed by atoms with Gasteiger partial charge in [-0.1, -0.05) is 6.92 Å². The first kappa shape index (κ1) is 15.8. The number of carbonyl (C=O) groups excluding carboxylic acids is 1. The summed E-state index contributed by atoms with van der Waals surface area (Å²) in [5.74, 6) is 0.176. The van der Waals surface area contributed by atoms with E-state index in [1.165, 1.54) is 0 Å². The highest BCUT2D eigenvalue weighted by molar-refractivity contribution is 5.81. The molecule has 2 heterocycles. The zero-order valence-corrected chi connectivity index (χ0v) is 13.3. The van der Waals surface area contributed by atoms with Crippen molar-refractivity contribution < 1.29 is 4.79 Å². The van der Waals surface area contributed by atoms with Crippen LogP contribution >= 0.6 is 0 Å². The normalized spacial score (nSPS) is 17.8. The summed E-state index contributed by atoms with van der Waals surface area (Å²) in [6.07, 6.45) is 4.00. The number of aromatic nitrogens is 1. The Labute approximate surface area is 127 Å². The minimum atomic E-state index is 0.176. The quantitative estimate of drug-likeness (QED) is 0.898. The van der Waals surface area contributed by atoms with E-state index < -0.39 is 0 Å². The van der Waals surface area contributed by atoms with Crippen molar-refractivity contribution >= 4 is 11.6 Å². The minimum absolute atomic E-state index is 0.176. The molecule has 1 saturated heterocycles. The number of nitrogens with one attached hydrogen (secondary N) is 1. The van der Waals surface area contributed by atoms with Crippen LogP contribution in [0.1, 0.15) is 38.4 Å². The molecular weight excluding hydrogens is 264 g/mol. The molecule has 5 nitrogen and oxygen atoms in total. The lowest BCUT2D eigenvalue weighted by atomic mass is 10.2. The highest BCUT2D eigenvalue weighted by Crippen LogP contribution is 2.18. The fourth-order valence-electron chi connectivity index (χ4n) is 2.51. The predicted molar refractivity (Wildman–Crippen MR) is 85.4 cm³/mol. The lowest BCUT2D eigenvalue weighted by molar-refractivity contribution is -0.127. The third-order valence-electron chi connectivity index (χ3n) is 3.95. The number of rotatable bonds is 5. The summed E-state index contributed by atoms with van der Waals surface area (Å²) in [5.41, 5.74) is 2.08. The van der Waals surface area contributed by atoms with Crippen molar-refractivity contribution in [3.8, 4) is 0 Å². The van der Waals surface area contributed by atoms with E-state index in [4.69, 9.17) is 0 Å². The van der Waals surface area contributed by atoms with Gasteiger partial charge in [-0.2, -0.15) is 0 Å². The fraction of sp³-hybridized carbons (Fsp3) is 0.625. The smallest absolute Gasteiger partial charge is 0.241 e. The second-order valence-electron chi connectivity index (χ2n) is 5.71. The zero-order valence-electron chi connectivity index (χ0n) is 13.3. The lowest BCUT2D eigenvalue weighted by Crippen LogP contribution is -2.34. The van der Waals surface area contributed by atoms with Gasteiger partial charge in [0, 0.05) is 26.2 Å². The molecule has 0 aliphatic carbocycles. The van der Waals surface area contributed by atoms with Gasteiger partial charge in [-0.15, -0.1) is 0 Å². The molecule has 1 aromatic rings. The fourth-order valence-corrected chi connectivity index (χ4v) is 2.51. The van der Waals surface area contributed by atoms with Crippen LogP contribution in [0.3, 0.4) is 0 Å². The standard InChI is InChI=1S/C16H26N4O/c1-4-8-17-13(2)15-7-6-14(11-18-15)20-10-5-9-19(3)16(21)12-20/h6-7,11,13,17H,4-5,8-10,12H2,1-3H3. The Hall–Kier alpha value is -1.62. The lowest BCUT2D eigenvalue weighted by Gasteiger charge is -2.22. The molecule has 1 aromatic heterocycles. The monoisotopic (exact) mass is 290 g/mol. The van der Waals surface area contributed by atoms with E-state index in [0.717, 1.165) is 43.9 Å². The summed E-state index contributed by atoms with van der Waals surface area (Å²) in [7, 11) is 1.87. The van der Waals surface area contributed by atoms with Crippen LogP contribution in [0.5, 0.6) is 0 Å². The first-order valence-electron chi connectivity index (χ1n) is 7.80. The van der Waals surface area contributed by atoms with E-state index in [1.807, 2.05) is 13.2 Å². The van der Waals surface area contributed by atoms with E-state index in [-0.39, 0.29) is 11.9 Å². The number of anilines is 1. The van der Waals surface area contributed by atoms with Gasteiger partial charge in [0.2, 0.25) is 5.91 Å². The van der Waals surface area contributed by atoms with E-state index in [2.05, 4.69) is 41.2 Å². The molecule has 0 bridgehead atoms. The van der Waals surface area contributed by atoms with Crippen LogP contribution in [0.4, 0.5) is 5.69 Å². The minimum Gasteiger partial charge on any atom is -0.361 e. The van der Waals surface area contributed by atoms with Crippen LogP contribution in [0.15, 0.2) is 18.3 Å². The maximum atomic E-state index is 11.9. The number of nitrogens with zero attached hydrogens (tertiary/aromatic N) is 3. The first-order chi connectivity index (χ1) is 10.1. The van der Waals surface area contributed by atoms with Gasteiger partial charge < -0.3 is 15.1 Å². The van der Waals surface area contributed by atoms with Crippen LogP contribution in [-0.2, 0) is 4.79 Å². The average Bonchev–Trinajstić information content (AvgIpc) is 2.67. The molecule has 1 atom stereocenters. The number of carbonyl (C=O) groups is 1. The Kier molecular flexibility index (Phi) is 5.56. The molecule has 116 valence electrons. The van der Waals surface area contributed by atoms with Gasteiger partial charge in [0.05, 0.1) is 24.1 Å². The van der Waals surface area contributed by atoms with Crippen molar-refractivity contribution in [1.82, 2.24) is 15.2 Å². The van der Waals surface area contributed by atoms with Crippen LogP contribution in [0, 0.1) is 0 Å². The summed E-state index contributed by atoms with van der Waals surface area (Å²) in [4.78, 5) is 20.4. The van der Waals surface area contributed by atoms with Crippen molar-refractivity contribution in [2.75, 3.05) is 38.1 Å². The zero-order chi connectivity index (χ0) is 15.2. The Morgan fingerprint density at radius 2 is 2.19 bits per heavy atom. The van der Waals surface area contributed by atoms with Gasteiger partial charge in [-0.25, -0.2) is 0 Å².